The van der Waals surface area contributed by atoms with Crippen LogP contribution in [0, 0.1) is 0 Å². The van der Waals surface area contributed by atoms with Gasteiger partial charge in [0.15, 0.2) is 0 Å². The van der Waals surface area contributed by atoms with E-state index in [1.165, 1.54) is 154 Å². The van der Waals surface area contributed by atoms with Crippen molar-refractivity contribution in [1.82, 2.24) is 0 Å². The first-order valence-corrected chi connectivity index (χ1v) is 22.7. The lowest BCUT2D eigenvalue weighted by molar-refractivity contribution is -0.154. The molecule has 4 nitrogen and oxygen atoms in total. The molecule has 0 saturated heterocycles. The Morgan fingerprint density at radius 2 is 0.865 bits per heavy atom. The Labute approximate surface area is 324 Å². The number of hydrogen-bond acceptors (Lipinski definition) is 4. The molecule has 304 valence electrons. The molecule has 0 aliphatic heterocycles. The maximum Gasteiger partial charge on any atom is 0.306 e. The zero-order valence-electron chi connectivity index (χ0n) is 34.8. The van der Waals surface area contributed by atoms with Crippen molar-refractivity contribution in [2.75, 3.05) is 19.8 Å². The third-order valence-corrected chi connectivity index (χ3v) is 9.92. The number of carbonyl (C=O) groups excluding carboxylic acids is 1. The van der Waals surface area contributed by atoms with Crippen molar-refractivity contribution in [3.63, 3.8) is 0 Å². The molecular weight excluding hydrogens is 641 g/mol. The maximum absolute atomic E-state index is 12.2. The van der Waals surface area contributed by atoms with Gasteiger partial charge < -0.3 is 14.6 Å². The fraction of sp³-hybridized carbons (Fsp3) is 0.812. The highest BCUT2D eigenvalue weighted by molar-refractivity contribution is 5.69. The maximum atomic E-state index is 12.2. The lowest BCUT2D eigenvalue weighted by atomic mass is 10.0. The van der Waals surface area contributed by atoms with Crippen molar-refractivity contribution in [3.8, 4) is 0 Å². The lowest BCUT2D eigenvalue weighted by Gasteiger charge is -2.15. The monoisotopic (exact) mass is 729 g/mol. The van der Waals surface area contributed by atoms with Crippen molar-refractivity contribution in [2.45, 2.75) is 232 Å². The van der Waals surface area contributed by atoms with E-state index in [4.69, 9.17) is 9.47 Å². The quantitative estimate of drug-likeness (QED) is 0.0386. The van der Waals surface area contributed by atoms with Crippen LogP contribution >= 0.6 is 0 Å². The molecule has 0 aromatic heterocycles. The second-order valence-corrected chi connectivity index (χ2v) is 15.1. The van der Waals surface area contributed by atoms with E-state index in [0.717, 1.165) is 51.4 Å². The molecule has 1 atom stereocenters. The van der Waals surface area contributed by atoms with Gasteiger partial charge in [-0.05, 0) is 51.4 Å². The first-order valence-electron chi connectivity index (χ1n) is 22.7. The third kappa shape index (κ3) is 42.8. The van der Waals surface area contributed by atoms with E-state index in [0.29, 0.717) is 13.0 Å². The third-order valence-electron chi connectivity index (χ3n) is 9.92. The molecule has 1 N–H and O–H groups in total. The summed E-state index contributed by atoms with van der Waals surface area (Å²) in [6.07, 6.45) is 59.1. The molecular formula is C48H88O4. The van der Waals surface area contributed by atoms with Crippen molar-refractivity contribution < 1.29 is 19.4 Å². The highest BCUT2D eigenvalue weighted by Gasteiger charge is 2.13. The zero-order chi connectivity index (χ0) is 37.7. The predicted molar refractivity (Wildman–Crippen MR) is 228 cm³/mol. The van der Waals surface area contributed by atoms with Crippen LogP contribution in [0.5, 0.6) is 0 Å². The summed E-state index contributed by atoms with van der Waals surface area (Å²) in [5.41, 5.74) is 0. The number of aliphatic hydroxyl groups is 1. The van der Waals surface area contributed by atoms with Crippen LogP contribution in [0.25, 0.3) is 0 Å². The summed E-state index contributed by atoms with van der Waals surface area (Å²) in [6, 6.07) is 0. The highest BCUT2D eigenvalue weighted by atomic mass is 16.6. The van der Waals surface area contributed by atoms with Gasteiger partial charge in [-0.2, -0.15) is 0 Å². The van der Waals surface area contributed by atoms with E-state index < -0.39 is 6.10 Å². The van der Waals surface area contributed by atoms with Gasteiger partial charge in [0.05, 0.1) is 13.2 Å². The Kier molecular flexibility index (Phi) is 44.1. The number of carbonyl (C=O) groups is 1. The largest absolute Gasteiger partial charge is 0.457 e. The number of hydrogen-bond donors (Lipinski definition) is 1. The van der Waals surface area contributed by atoms with E-state index in [-0.39, 0.29) is 19.2 Å². The van der Waals surface area contributed by atoms with Crippen LogP contribution in [0.3, 0.4) is 0 Å². The fourth-order valence-corrected chi connectivity index (χ4v) is 6.56. The minimum absolute atomic E-state index is 0.187. The number of allylic oxidation sites excluding steroid dienone is 8. The standard InChI is InChI=1S/C48H88O4/c1-3-5-7-9-11-13-15-17-19-20-21-22-23-24-25-26-27-28-30-32-34-36-38-40-42-44-51-46-47(45-49)52-48(50)43-41-39-37-35-33-31-29-18-16-14-12-10-8-6-4-2/h6,8,12,14,18,29,33,35,47,49H,3-5,7,9-11,13,15-17,19-28,30-32,34,36-46H2,1-2H3/b8-6-,14-12-,29-18-,35-33-. The van der Waals surface area contributed by atoms with Gasteiger partial charge in [0.1, 0.15) is 6.10 Å². The van der Waals surface area contributed by atoms with Gasteiger partial charge in [0.2, 0.25) is 0 Å². The molecule has 0 amide bonds. The van der Waals surface area contributed by atoms with Gasteiger partial charge in [-0.3, -0.25) is 4.79 Å². The van der Waals surface area contributed by atoms with Gasteiger partial charge >= 0.3 is 5.97 Å². The average molecular weight is 729 g/mol. The Morgan fingerprint density at radius 3 is 1.27 bits per heavy atom. The molecule has 0 fully saturated rings. The molecule has 0 rings (SSSR count). The topological polar surface area (TPSA) is 55.8 Å². The van der Waals surface area contributed by atoms with E-state index in [2.05, 4.69) is 62.5 Å². The lowest BCUT2D eigenvalue weighted by Crippen LogP contribution is -2.27. The van der Waals surface area contributed by atoms with E-state index >= 15 is 0 Å². The average Bonchev–Trinajstić information content (AvgIpc) is 3.15. The van der Waals surface area contributed by atoms with Gasteiger partial charge in [0.25, 0.3) is 0 Å². The normalized spacial score (nSPS) is 12.8. The van der Waals surface area contributed by atoms with Gasteiger partial charge in [0, 0.05) is 13.0 Å². The molecule has 0 saturated carbocycles. The minimum atomic E-state index is -0.555. The molecule has 0 aliphatic carbocycles. The zero-order valence-corrected chi connectivity index (χ0v) is 34.8. The second kappa shape index (κ2) is 45.5. The molecule has 0 spiro atoms. The molecule has 1 unspecified atom stereocenters. The molecule has 0 aromatic carbocycles. The van der Waals surface area contributed by atoms with Gasteiger partial charge in [-0.1, -0.05) is 217 Å². The molecule has 0 aliphatic rings. The first kappa shape index (κ1) is 50.4. The number of unbranched alkanes of at least 4 members (excludes halogenated alkanes) is 26. The van der Waals surface area contributed by atoms with Crippen molar-refractivity contribution in [1.29, 1.82) is 0 Å². The smallest absolute Gasteiger partial charge is 0.306 e. The Hall–Kier alpha value is -1.65. The highest BCUT2D eigenvalue weighted by Crippen LogP contribution is 2.16. The van der Waals surface area contributed by atoms with Crippen LogP contribution in [0.2, 0.25) is 0 Å². The molecule has 52 heavy (non-hydrogen) atoms. The van der Waals surface area contributed by atoms with Crippen LogP contribution in [-0.2, 0) is 14.3 Å². The van der Waals surface area contributed by atoms with Crippen molar-refractivity contribution in [2.24, 2.45) is 0 Å². The van der Waals surface area contributed by atoms with Crippen LogP contribution in [-0.4, -0.2) is 37.0 Å². The van der Waals surface area contributed by atoms with E-state index in [1.807, 2.05) is 0 Å². The summed E-state index contributed by atoms with van der Waals surface area (Å²) in [6.45, 7) is 5.21. The summed E-state index contributed by atoms with van der Waals surface area (Å²) >= 11 is 0. The Balaban J connectivity index is 3.40. The summed E-state index contributed by atoms with van der Waals surface area (Å²) < 4.78 is 11.1. The molecule has 0 heterocycles. The van der Waals surface area contributed by atoms with Crippen LogP contribution < -0.4 is 0 Å². The van der Waals surface area contributed by atoms with Crippen LogP contribution in [0.15, 0.2) is 48.6 Å². The van der Waals surface area contributed by atoms with Crippen molar-refractivity contribution in [3.05, 3.63) is 48.6 Å². The number of rotatable bonds is 42. The molecule has 0 radical (unpaired) electrons. The summed E-state index contributed by atoms with van der Waals surface area (Å²) in [4.78, 5) is 12.2. The summed E-state index contributed by atoms with van der Waals surface area (Å²) in [7, 11) is 0. The molecule has 4 heteroatoms. The summed E-state index contributed by atoms with van der Waals surface area (Å²) in [5.74, 6) is -0.238. The van der Waals surface area contributed by atoms with Crippen LogP contribution in [0.4, 0.5) is 0 Å². The van der Waals surface area contributed by atoms with E-state index in [1.54, 1.807) is 0 Å². The summed E-state index contributed by atoms with van der Waals surface area (Å²) in [5, 5.41) is 9.60. The van der Waals surface area contributed by atoms with Crippen molar-refractivity contribution >= 4 is 5.97 Å². The molecule has 0 aromatic rings. The molecule has 0 bridgehead atoms. The SMILES string of the molecule is CC/C=C\C/C=C\C/C=C\C/C=C\CCCCC(=O)OC(CO)COCCCCCCCCCCCCCCCCCCCCCCCCCCC. The second-order valence-electron chi connectivity index (χ2n) is 15.1. The van der Waals surface area contributed by atoms with Gasteiger partial charge in [-0.15, -0.1) is 0 Å². The fourth-order valence-electron chi connectivity index (χ4n) is 6.56. The predicted octanol–water partition coefficient (Wildman–Crippen LogP) is 15.0. The number of aliphatic hydroxyl groups excluding tert-OH is 1. The van der Waals surface area contributed by atoms with Crippen LogP contribution in [0.1, 0.15) is 226 Å². The van der Waals surface area contributed by atoms with E-state index in [9.17, 15) is 9.90 Å². The first-order chi connectivity index (χ1) is 25.7. The minimum Gasteiger partial charge on any atom is -0.457 e. The Bertz CT molecular complexity index is 813. The number of esters is 1. The Morgan fingerprint density at radius 1 is 0.481 bits per heavy atom. The van der Waals surface area contributed by atoms with Gasteiger partial charge in [-0.25, -0.2) is 0 Å². The number of ether oxygens (including phenoxy) is 2.